The van der Waals surface area contributed by atoms with Crippen LogP contribution in [0, 0.1) is 0 Å². The fourth-order valence-electron chi connectivity index (χ4n) is 1.52. The second-order valence-electron chi connectivity index (χ2n) is 3.62. The third kappa shape index (κ3) is 3.27. The van der Waals surface area contributed by atoms with Crippen molar-refractivity contribution in [2.45, 2.75) is 0 Å². The number of anilines is 2. The Bertz CT molecular complexity index is 627. The molecule has 96 valence electrons. The number of hydrogen-bond donors (Lipinski definition) is 1. The maximum Gasteiger partial charge on any atom is 0.188 e. The van der Waals surface area contributed by atoms with E-state index in [0.29, 0.717) is 0 Å². The standard InChI is InChI=1S/C13H10N4S.ClH/c1-2-7-15-12(5-1)17-13-16-11(9-18-13)10-4-3-6-14-8-10;/h1-9H,(H,15,16,17);1H. The van der Waals surface area contributed by atoms with E-state index in [0.717, 1.165) is 22.2 Å². The van der Waals surface area contributed by atoms with Crippen molar-refractivity contribution >= 4 is 34.7 Å². The van der Waals surface area contributed by atoms with E-state index in [1.807, 2.05) is 35.7 Å². The molecule has 0 atom stereocenters. The molecule has 0 saturated carbocycles. The summed E-state index contributed by atoms with van der Waals surface area (Å²) >= 11 is 1.55. The monoisotopic (exact) mass is 290 g/mol. The van der Waals surface area contributed by atoms with Gasteiger partial charge in [0.1, 0.15) is 5.82 Å². The quantitative estimate of drug-likeness (QED) is 0.798. The molecule has 0 aliphatic carbocycles. The normalized spacial score (nSPS) is 9.68. The predicted molar refractivity (Wildman–Crippen MR) is 80.1 cm³/mol. The van der Waals surface area contributed by atoms with Gasteiger partial charge >= 0.3 is 0 Å². The molecule has 3 aromatic rings. The summed E-state index contributed by atoms with van der Waals surface area (Å²) in [6.07, 6.45) is 5.31. The van der Waals surface area contributed by atoms with Gasteiger partial charge in [0, 0.05) is 29.5 Å². The highest BCUT2D eigenvalue weighted by Crippen LogP contribution is 2.25. The Morgan fingerprint density at radius 1 is 1.05 bits per heavy atom. The molecule has 0 saturated heterocycles. The van der Waals surface area contributed by atoms with E-state index >= 15 is 0 Å². The van der Waals surface area contributed by atoms with E-state index in [2.05, 4.69) is 20.3 Å². The lowest BCUT2D eigenvalue weighted by Gasteiger charge is -1.99. The molecule has 0 aliphatic heterocycles. The van der Waals surface area contributed by atoms with Gasteiger partial charge in [-0.05, 0) is 24.3 Å². The van der Waals surface area contributed by atoms with Gasteiger partial charge in [0.05, 0.1) is 5.69 Å². The molecular formula is C13H11ClN4S. The van der Waals surface area contributed by atoms with Crippen LogP contribution in [0.3, 0.4) is 0 Å². The van der Waals surface area contributed by atoms with E-state index in [9.17, 15) is 0 Å². The summed E-state index contributed by atoms with van der Waals surface area (Å²) in [5.41, 5.74) is 1.94. The molecule has 4 nitrogen and oxygen atoms in total. The summed E-state index contributed by atoms with van der Waals surface area (Å²) in [5, 5.41) is 6.00. The molecule has 0 spiro atoms. The summed E-state index contributed by atoms with van der Waals surface area (Å²) in [7, 11) is 0. The van der Waals surface area contributed by atoms with Crippen LogP contribution >= 0.6 is 23.7 Å². The molecule has 0 amide bonds. The first-order chi connectivity index (χ1) is 8.92. The smallest absolute Gasteiger partial charge is 0.188 e. The van der Waals surface area contributed by atoms with E-state index < -0.39 is 0 Å². The van der Waals surface area contributed by atoms with Crippen molar-refractivity contribution in [1.82, 2.24) is 15.0 Å². The van der Waals surface area contributed by atoms with Gasteiger partial charge in [0.15, 0.2) is 5.13 Å². The van der Waals surface area contributed by atoms with Crippen LogP contribution in [0.4, 0.5) is 10.9 Å². The molecule has 0 unspecified atom stereocenters. The van der Waals surface area contributed by atoms with Crippen LogP contribution < -0.4 is 5.32 Å². The molecule has 3 rings (SSSR count). The Kier molecular flexibility index (Phi) is 4.43. The van der Waals surface area contributed by atoms with Gasteiger partial charge in [-0.2, -0.15) is 0 Å². The van der Waals surface area contributed by atoms with Gasteiger partial charge in [0.25, 0.3) is 0 Å². The molecule has 19 heavy (non-hydrogen) atoms. The van der Waals surface area contributed by atoms with E-state index in [4.69, 9.17) is 0 Å². The van der Waals surface area contributed by atoms with Gasteiger partial charge in [-0.15, -0.1) is 23.7 Å². The maximum atomic E-state index is 4.50. The highest BCUT2D eigenvalue weighted by atomic mass is 35.5. The first-order valence-electron chi connectivity index (χ1n) is 5.46. The third-order valence-electron chi connectivity index (χ3n) is 2.36. The minimum absolute atomic E-state index is 0. The van der Waals surface area contributed by atoms with Crippen molar-refractivity contribution in [1.29, 1.82) is 0 Å². The van der Waals surface area contributed by atoms with E-state index in [1.165, 1.54) is 0 Å². The Balaban J connectivity index is 0.00000133. The molecule has 3 heterocycles. The Morgan fingerprint density at radius 2 is 2.00 bits per heavy atom. The molecular weight excluding hydrogens is 280 g/mol. The molecule has 0 fully saturated rings. The predicted octanol–water partition coefficient (Wildman–Crippen LogP) is 3.77. The van der Waals surface area contributed by atoms with Crippen molar-refractivity contribution < 1.29 is 0 Å². The van der Waals surface area contributed by atoms with Crippen LogP contribution in [0.2, 0.25) is 0 Å². The average molecular weight is 291 g/mol. The number of thiazole rings is 1. The summed E-state index contributed by atoms with van der Waals surface area (Å²) in [4.78, 5) is 12.8. The van der Waals surface area contributed by atoms with Gasteiger partial charge in [0.2, 0.25) is 0 Å². The second kappa shape index (κ2) is 6.26. The fourth-order valence-corrected chi connectivity index (χ4v) is 2.25. The molecule has 0 bridgehead atoms. The van der Waals surface area contributed by atoms with Crippen molar-refractivity contribution in [3.05, 3.63) is 54.3 Å². The number of nitrogens with zero attached hydrogens (tertiary/aromatic N) is 3. The highest BCUT2D eigenvalue weighted by molar-refractivity contribution is 7.14. The maximum absolute atomic E-state index is 4.50. The number of rotatable bonds is 3. The summed E-state index contributed by atoms with van der Waals surface area (Å²) in [6, 6.07) is 9.62. The summed E-state index contributed by atoms with van der Waals surface area (Å²) < 4.78 is 0. The van der Waals surface area contributed by atoms with Gasteiger partial charge < -0.3 is 5.32 Å². The molecule has 0 aromatic carbocycles. The lowest BCUT2D eigenvalue weighted by molar-refractivity contribution is 1.28. The Morgan fingerprint density at radius 3 is 2.74 bits per heavy atom. The van der Waals surface area contributed by atoms with Crippen LogP contribution in [0.1, 0.15) is 0 Å². The third-order valence-corrected chi connectivity index (χ3v) is 3.12. The van der Waals surface area contributed by atoms with Gasteiger partial charge in [-0.1, -0.05) is 6.07 Å². The highest BCUT2D eigenvalue weighted by Gasteiger charge is 2.04. The lowest BCUT2D eigenvalue weighted by Crippen LogP contribution is -1.91. The molecule has 3 aromatic heterocycles. The first-order valence-corrected chi connectivity index (χ1v) is 6.34. The first kappa shape index (κ1) is 13.5. The van der Waals surface area contributed by atoms with Crippen LogP contribution in [0.25, 0.3) is 11.3 Å². The zero-order valence-corrected chi connectivity index (χ0v) is 11.5. The van der Waals surface area contributed by atoms with Crippen molar-refractivity contribution in [3.8, 4) is 11.3 Å². The minimum atomic E-state index is 0. The largest absolute Gasteiger partial charge is 0.316 e. The van der Waals surface area contributed by atoms with Gasteiger partial charge in [-0.3, -0.25) is 4.98 Å². The van der Waals surface area contributed by atoms with Crippen LogP contribution in [0.15, 0.2) is 54.3 Å². The summed E-state index contributed by atoms with van der Waals surface area (Å²) in [5.74, 6) is 0.796. The zero-order chi connectivity index (χ0) is 12.2. The number of nitrogens with one attached hydrogen (secondary N) is 1. The fraction of sp³-hybridized carbons (Fsp3) is 0. The topological polar surface area (TPSA) is 50.7 Å². The Hall–Kier alpha value is -1.98. The van der Waals surface area contributed by atoms with Crippen LogP contribution in [0.5, 0.6) is 0 Å². The SMILES string of the molecule is Cl.c1ccc(Nc2nc(-c3cccnc3)cs2)nc1. The number of pyridine rings is 2. The molecule has 0 radical (unpaired) electrons. The second-order valence-corrected chi connectivity index (χ2v) is 4.48. The molecule has 1 N–H and O–H groups in total. The van der Waals surface area contributed by atoms with E-state index in [-0.39, 0.29) is 12.4 Å². The van der Waals surface area contributed by atoms with Crippen molar-refractivity contribution in [2.75, 3.05) is 5.32 Å². The number of hydrogen-bond acceptors (Lipinski definition) is 5. The number of aromatic nitrogens is 3. The summed E-state index contributed by atoms with van der Waals surface area (Å²) in [6.45, 7) is 0. The van der Waals surface area contributed by atoms with Crippen LogP contribution in [-0.4, -0.2) is 15.0 Å². The average Bonchev–Trinajstić information content (AvgIpc) is 2.89. The Labute approximate surface area is 121 Å². The molecule has 0 aliphatic rings. The van der Waals surface area contributed by atoms with E-state index in [1.54, 1.807) is 29.9 Å². The lowest BCUT2D eigenvalue weighted by atomic mass is 10.2. The zero-order valence-electron chi connectivity index (χ0n) is 9.85. The molecule has 6 heteroatoms. The van der Waals surface area contributed by atoms with Crippen molar-refractivity contribution in [2.24, 2.45) is 0 Å². The van der Waals surface area contributed by atoms with Gasteiger partial charge in [-0.25, -0.2) is 9.97 Å². The number of halogens is 1. The minimum Gasteiger partial charge on any atom is -0.316 e. The van der Waals surface area contributed by atoms with Crippen molar-refractivity contribution in [3.63, 3.8) is 0 Å². The van der Waals surface area contributed by atoms with Crippen LogP contribution in [-0.2, 0) is 0 Å².